The number of sulfone groups is 1. The number of benzene rings is 1. The first-order chi connectivity index (χ1) is 9.30. The van der Waals surface area contributed by atoms with E-state index in [4.69, 9.17) is 16.3 Å². The first-order valence-electron chi connectivity index (χ1n) is 5.76. The lowest BCUT2D eigenvalue weighted by Gasteiger charge is -2.13. The van der Waals surface area contributed by atoms with Crippen LogP contribution in [-0.2, 0) is 19.4 Å². The van der Waals surface area contributed by atoms with Crippen LogP contribution in [0.2, 0.25) is 5.02 Å². The average molecular weight is 324 g/mol. The van der Waals surface area contributed by atoms with Gasteiger partial charge >= 0.3 is 0 Å². The summed E-state index contributed by atoms with van der Waals surface area (Å²) in [5, 5.41) is 0.823. The monoisotopic (exact) mass is 323 g/mol. The van der Waals surface area contributed by atoms with Crippen molar-refractivity contribution in [3.63, 3.8) is 0 Å². The molecule has 0 saturated carbocycles. The largest absolute Gasteiger partial charge is 0.383 e. The fourth-order valence-corrected chi connectivity index (χ4v) is 2.98. The number of halogens is 2. The third-order valence-electron chi connectivity index (χ3n) is 2.66. The molecule has 0 unspecified atom stereocenters. The molecule has 0 radical (unpaired) electrons. The molecule has 0 aliphatic carbocycles. The quantitative estimate of drug-likeness (QED) is 0.634. The molecule has 1 rings (SSSR count). The van der Waals surface area contributed by atoms with Crippen LogP contribution < -0.4 is 5.32 Å². The Bertz CT molecular complexity index is 591. The number of amides is 1. The van der Waals surface area contributed by atoms with E-state index >= 15 is 0 Å². The Hall–Kier alpha value is -1.18. The van der Waals surface area contributed by atoms with Crippen molar-refractivity contribution in [1.82, 2.24) is 5.32 Å². The molecule has 20 heavy (non-hydrogen) atoms. The van der Waals surface area contributed by atoms with E-state index in [1.165, 1.54) is 14.0 Å². The predicted octanol–water partition coefficient (Wildman–Crippen LogP) is 1.40. The Morgan fingerprint density at radius 1 is 1.50 bits per heavy atom. The molecule has 0 saturated heterocycles. The molecular weight excluding hydrogens is 309 g/mol. The summed E-state index contributed by atoms with van der Waals surface area (Å²) >= 11 is 5.55. The van der Waals surface area contributed by atoms with Crippen molar-refractivity contribution < 1.29 is 22.3 Å². The van der Waals surface area contributed by atoms with E-state index in [0.717, 1.165) is 18.2 Å². The summed E-state index contributed by atoms with van der Waals surface area (Å²) in [6, 6.07) is 3.02. The number of hydrogen-bond acceptors (Lipinski definition) is 4. The van der Waals surface area contributed by atoms with E-state index < -0.39 is 26.8 Å². The van der Waals surface area contributed by atoms with Gasteiger partial charge in [0, 0.05) is 13.7 Å². The van der Waals surface area contributed by atoms with E-state index in [0.29, 0.717) is 0 Å². The number of nitrogens with one attached hydrogen (secondary N) is 1. The number of ether oxygens (including phenoxy) is 1. The molecule has 8 heteroatoms. The zero-order chi connectivity index (χ0) is 15.3. The highest BCUT2D eigenvalue weighted by atomic mass is 35.5. The zero-order valence-electron chi connectivity index (χ0n) is 11.0. The van der Waals surface area contributed by atoms with E-state index in [-0.39, 0.29) is 23.1 Å². The van der Waals surface area contributed by atoms with Crippen molar-refractivity contribution >= 4 is 27.3 Å². The van der Waals surface area contributed by atoms with Gasteiger partial charge in [-0.1, -0.05) is 11.6 Å². The summed E-state index contributed by atoms with van der Waals surface area (Å²) in [6.07, 6.45) is 0. The maximum absolute atomic E-state index is 13.0. The molecule has 0 fully saturated rings. The van der Waals surface area contributed by atoms with E-state index in [2.05, 4.69) is 5.32 Å². The van der Waals surface area contributed by atoms with Crippen LogP contribution in [-0.4, -0.2) is 39.8 Å². The predicted molar refractivity (Wildman–Crippen MR) is 72.9 cm³/mol. The molecule has 1 atom stereocenters. The molecule has 0 aliphatic rings. The second-order valence-electron chi connectivity index (χ2n) is 4.05. The second-order valence-corrected chi connectivity index (χ2v) is 6.72. The third-order valence-corrected chi connectivity index (χ3v) is 5.01. The average Bonchev–Trinajstić information content (AvgIpc) is 2.40. The molecule has 1 amide bonds. The fraction of sp³-hybridized carbons (Fsp3) is 0.417. The van der Waals surface area contributed by atoms with Crippen LogP contribution >= 0.6 is 11.6 Å². The maximum Gasteiger partial charge on any atom is 0.238 e. The van der Waals surface area contributed by atoms with Gasteiger partial charge < -0.3 is 10.1 Å². The fourth-order valence-electron chi connectivity index (χ4n) is 1.42. The first kappa shape index (κ1) is 16.9. The molecule has 1 aromatic rings. The zero-order valence-corrected chi connectivity index (χ0v) is 12.6. The van der Waals surface area contributed by atoms with Gasteiger partial charge in [0.25, 0.3) is 0 Å². The molecule has 0 spiro atoms. The normalized spacial score (nSPS) is 13.0. The van der Waals surface area contributed by atoms with E-state index in [1.807, 2.05) is 0 Å². The molecule has 0 aromatic heterocycles. The smallest absolute Gasteiger partial charge is 0.238 e. The van der Waals surface area contributed by atoms with Crippen molar-refractivity contribution in [2.45, 2.75) is 17.1 Å². The minimum Gasteiger partial charge on any atom is -0.383 e. The van der Waals surface area contributed by atoms with E-state index in [1.54, 1.807) is 0 Å². The minimum atomic E-state index is -3.92. The van der Waals surface area contributed by atoms with Crippen LogP contribution in [0.5, 0.6) is 0 Å². The van der Waals surface area contributed by atoms with Crippen molar-refractivity contribution in [2.75, 3.05) is 20.3 Å². The Morgan fingerprint density at radius 2 is 2.15 bits per heavy atom. The molecular formula is C12H15ClFNO4S. The highest BCUT2D eigenvalue weighted by Crippen LogP contribution is 2.22. The van der Waals surface area contributed by atoms with Crippen LogP contribution in [0.3, 0.4) is 0 Å². The lowest BCUT2D eigenvalue weighted by Crippen LogP contribution is -2.39. The lowest BCUT2D eigenvalue weighted by molar-refractivity contribution is -0.120. The molecule has 112 valence electrons. The Balaban J connectivity index is 2.91. The van der Waals surface area contributed by atoms with Crippen LogP contribution in [0, 0.1) is 5.82 Å². The number of methoxy groups -OCH3 is 1. The molecule has 5 nitrogen and oxygen atoms in total. The van der Waals surface area contributed by atoms with Crippen LogP contribution in [0.1, 0.15) is 6.92 Å². The molecule has 0 heterocycles. The summed E-state index contributed by atoms with van der Waals surface area (Å²) in [4.78, 5) is 11.5. The van der Waals surface area contributed by atoms with Crippen LogP contribution in [0.4, 0.5) is 4.39 Å². The SMILES string of the molecule is COCCNC(=O)[C@H](C)S(=O)(=O)c1ccc(F)c(Cl)c1. The van der Waals surface area contributed by atoms with Crippen LogP contribution in [0.15, 0.2) is 23.1 Å². The van der Waals surface area contributed by atoms with Gasteiger partial charge in [0.2, 0.25) is 5.91 Å². The summed E-state index contributed by atoms with van der Waals surface area (Å²) in [5.74, 6) is -1.37. The lowest BCUT2D eigenvalue weighted by atomic mass is 10.3. The summed E-state index contributed by atoms with van der Waals surface area (Å²) < 4.78 is 42.2. The highest BCUT2D eigenvalue weighted by molar-refractivity contribution is 7.92. The second kappa shape index (κ2) is 7.01. The maximum atomic E-state index is 13.0. The summed E-state index contributed by atoms with van der Waals surface area (Å²) in [5.41, 5.74) is 0. The van der Waals surface area contributed by atoms with Crippen molar-refractivity contribution in [1.29, 1.82) is 0 Å². The van der Waals surface area contributed by atoms with Gasteiger partial charge in [-0.15, -0.1) is 0 Å². The van der Waals surface area contributed by atoms with Gasteiger partial charge in [-0.05, 0) is 25.1 Å². The summed E-state index contributed by atoms with van der Waals surface area (Å²) in [7, 11) is -2.45. The van der Waals surface area contributed by atoms with Crippen LogP contribution in [0.25, 0.3) is 0 Å². The topological polar surface area (TPSA) is 72.5 Å². The van der Waals surface area contributed by atoms with Crippen molar-refractivity contribution in [3.8, 4) is 0 Å². The van der Waals surface area contributed by atoms with Gasteiger partial charge in [-0.3, -0.25) is 4.79 Å². The first-order valence-corrected chi connectivity index (χ1v) is 7.68. The number of rotatable bonds is 6. The Labute approximate surface area is 122 Å². The standard InChI is InChI=1S/C12H15ClFNO4S/c1-8(12(16)15-5-6-19-2)20(17,18)9-3-4-11(14)10(13)7-9/h3-4,7-8H,5-6H2,1-2H3,(H,15,16)/t8-/m0/s1. The molecule has 0 aliphatic heterocycles. The van der Waals surface area contributed by atoms with Gasteiger partial charge in [-0.2, -0.15) is 0 Å². The number of hydrogen-bond donors (Lipinski definition) is 1. The van der Waals surface area contributed by atoms with E-state index in [9.17, 15) is 17.6 Å². The van der Waals surface area contributed by atoms with Gasteiger partial charge in [-0.25, -0.2) is 12.8 Å². The number of carbonyl (C=O) groups excluding carboxylic acids is 1. The Morgan fingerprint density at radius 3 is 2.70 bits per heavy atom. The Kier molecular flexibility index (Phi) is 5.91. The highest BCUT2D eigenvalue weighted by Gasteiger charge is 2.30. The van der Waals surface area contributed by atoms with Crippen molar-refractivity contribution in [3.05, 3.63) is 29.0 Å². The minimum absolute atomic E-state index is 0.196. The van der Waals surface area contributed by atoms with Gasteiger partial charge in [0.1, 0.15) is 11.1 Å². The molecule has 1 N–H and O–H groups in total. The third kappa shape index (κ3) is 3.91. The molecule has 0 bridgehead atoms. The van der Waals surface area contributed by atoms with Crippen molar-refractivity contribution in [2.24, 2.45) is 0 Å². The van der Waals surface area contributed by atoms with Gasteiger partial charge in [0.15, 0.2) is 9.84 Å². The summed E-state index contributed by atoms with van der Waals surface area (Å²) in [6.45, 7) is 1.75. The molecule has 1 aromatic carbocycles. The van der Waals surface area contributed by atoms with Gasteiger partial charge in [0.05, 0.1) is 16.5 Å². The number of carbonyl (C=O) groups is 1.